The van der Waals surface area contributed by atoms with Gasteiger partial charge in [-0.05, 0) is 31.5 Å². The van der Waals surface area contributed by atoms with Gasteiger partial charge in [-0.15, -0.1) is 0 Å². The molecule has 0 bridgehead atoms. The highest BCUT2D eigenvalue weighted by Crippen LogP contribution is 2.38. The fourth-order valence-corrected chi connectivity index (χ4v) is 2.78. The van der Waals surface area contributed by atoms with Crippen LogP contribution in [-0.2, 0) is 4.57 Å². The smallest absolute Gasteiger partial charge is 0.152 e. The first kappa shape index (κ1) is 15.8. The third-order valence-electron chi connectivity index (χ3n) is 2.91. The summed E-state index contributed by atoms with van der Waals surface area (Å²) in [7, 11) is -0.847. The Balaban J connectivity index is 2.46. The van der Waals surface area contributed by atoms with Gasteiger partial charge in [0.05, 0.1) is 7.11 Å². The van der Waals surface area contributed by atoms with Gasteiger partial charge < -0.3 is 9.30 Å². The fraction of sp³-hybridized carbons (Fsp3) is 0.231. The predicted molar refractivity (Wildman–Crippen MR) is 85.5 cm³/mol. The zero-order valence-electron chi connectivity index (χ0n) is 11.9. The molecular weight excluding hydrogens is 311 g/mol. The second-order valence-corrected chi connectivity index (χ2v) is 8.38. The third kappa shape index (κ3) is 3.53. The van der Waals surface area contributed by atoms with E-state index in [1.807, 2.05) is 0 Å². The van der Waals surface area contributed by atoms with Gasteiger partial charge in [-0.1, -0.05) is 11.6 Å². The van der Waals surface area contributed by atoms with Crippen molar-refractivity contribution < 1.29 is 9.30 Å². The van der Waals surface area contributed by atoms with Crippen molar-refractivity contribution in [1.82, 2.24) is 9.97 Å². The number of anilines is 2. The van der Waals surface area contributed by atoms with E-state index in [1.54, 1.807) is 37.6 Å². The lowest BCUT2D eigenvalue weighted by atomic mass is 10.3. The third-order valence-corrected chi connectivity index (χ3v) is 4.64. The Bertz CT molecular complexity index is 704. The van der Waals surface area contributed by atoms with Gasteiger partial charge in [0.2, 0.25) is 0 Å². The highest BCUT2D eigenvalue weighted by atomic mass is 35.5. The molecule has 0 saturated heterocycles. The molecular formula is C13H16ClN4O2P. The van der Waals surface area contributed by atoms with Gasteiger partial charge >= 0.3 is 0 Å². The Morgan fingerprint density at radius 3 is 2.57 bits per heavy atom. The summed E-state index contributed by atoms with van der Waals surface area (Å²) in [5.74, 6) is 6.99. The van der Waals surface area contributed by atoms with E-state index in [4.69, 9.17) is 22.2 Å². The minimum atomic E-state index is -2.37. The highest BCUT2D eigenvalue weighted by Gasteiger charge is 2.17. The molecule has 0 atom stereocenters. The number of nitrogens with zero attached hydrogens (tertiary/aromatic N) is 3. The maximum absolute atomic E-state index is 12.1. The van der Waals surface area contributed by atoms with Gasteiger partial charge in [-0.2, -0.15) is 0 Å². The number of aromatic nitrogens is 2. The van der Waals surface area contributed by atoms with Crippen molar-refractivity contribution in [1.29, 1.82) is 0 Å². The number of hydrogen-bond acceptors (Lipinski definition) is 6. The number of ether oxygens (including phenoxy) is 1. The van der Waals surface area contributed by atoms with Gasteiger partial charge in [-0.25, -0.2) is 15.8 Å². The van der Waals surface area contributed by atoms with Crippen molar-refractivity contribution in [3.8, 4) is 5.75 Å². The molecule has 0 aliphatic heterocycles. The Hall–Kier alpha value is -1.62. The molecule has 1 heterocycles. The lowest BCUT2D eigenvalue weighted by Crippen LogP contribution is -2.27. The predicted octanol–water partition coefficient (Wildman–Crippen LogP) is 2.40. The van der Waals surface area contributed by atoms with Gasteiger partial charge in [0, 0.05) is 11.4 Å². The van der Waals surface area contributed by atoms with E-state index in [2.05, 4.69) is 9.97 Å². The van der Waals surface area contributed by atoms with Crippen molar-refractivity contribution in [2.75, 3.05) is 25.4 Å². The summed E-state index contributed by atoms with van der Waals surface area (Å²) >= 11 is 5.83. The number of rotatable bonds is 4. The van der Waals surface area contributed by atoms with Crippen molar-refractivity contribution in [2.45, 2.75) is 0 Å². The summed E-state index contributed by atoms with van der Waals surface area (Å²) in [5.41, 5.74) is 0.587. The largest absolute Gasteiger partial charge is 0.494 e. The molecule has 0 saturated carbocycles. The Kier molecular flexibility index (Phi) is 4.52. The molecule has 6 nitrogen and oxygen atoms in total. The quantitative estimate of drug-likeness (QED) is 0.402. The first-order valence-electron chi connectivity index (χ1n) is 6.09. The Morgan fingerprint density at radius 1 is 1.29 bits per heavy atom. The second kappa shape index (κ2) is 6.02. The molecule has 0 fully saturated rings. The summed E-state index contributed by atoms with van der Waals surface area (Å²) in [4.78, 5) is 7.87. The van der Waals surface area contributed by atoms with E-state index >= 15 is 0 Å². The molecule has 1 aromatic heterocycles. The van der Waals surface area contributed by atoms with Crippen LogP contribution in [-0.4, -0.2) is 30.4 Å². The molecule has 0 radical (unpaired) electrons. The SMILES string of the molecule is COc1cc(P(C)(C)=O)ccc1N(N)c1cc(Cl)ncn1. The monoisotopic (exact) mass is 326 g/mol. The lowest BCUT2D eigenvalue weighted by molar-refractivity contribution is 0.415. The molecule has 2 aromatic rings. The van der Waals surface area contributed by atoms with Gasteiger partial charge in [0.1, 0.15) is 30.1 Å². The van der Waals surface area contributed by atoms with E-state index < -0.39 is 7.14 Å². The number of halogens is 1. The molecule has 2 N–H and O–H groups in total. The first-order valence-corrected chi connectivity index (χ1v) is 9.07. The fourth-order valence-electron chi connectivity index (χ4n) is 1.78. The van der Waals surface area contributed by atoms with Gasteiger partial charge in [0.25, 0.3) is 0 Å². The van der Waals surface area contributed by atoms with E-state index in [0.717, 1.165) is 5.30 Å². The molecule has 21 heavy (non-hydrogen) atoms. The standard InChI is InChI=1S/C13H16ClN4O2P/c1-20-11-6-9(21(2,3)19)4-5-10(11)18(15)13-7-12(14)16-8-17-13/h4-8H,15H2,1-3H3. The average molecular weight is 327 g/mol. The Morgan fingerprint density at radius 2 is 2.00 bits per heavy atom. The van der Waals surface area contributed by atoms with Crippen LogP contribution in [0.15, 0.2) is 30.6 Å². The molecule has 0 aliphatic rings. The molecule has 112 valence electrons. The summed E-state index contributed by atoms with van der Waals surface area (Å²) < 4.78 is 17.5. The number of hydrazine groups is 1. The van der Waals surface area contributed by atoms with Crippen LogP contribution in [0.25, 0.3) is 0 Å². The number of methoxy groups -OCH3 is 1. The number of nitrogens with two attached hydrogens (primary N) is 1. The molecule has 0 spiro atoms. The van der Waals surface area contributed by atoms with Crippen LogP contribution >= 0.6 is 18.7 Å². The average Bonchev–Trinajstić information content (AvgIpc) is 2.45. The molecule has 8 heteroatoms. The van der Waals surface area contributed by atoms with Crippen LogP contribution in [0.5, 0.6) is 5.75 Å². The van der Waals surface area contributed by atoms with Crippen LogP contribution in [0, 0.1) is 0 Å². The van der Waals surface area contributed by atoms with E-state index in [9.17, 15) is 4.57 Å². The summed E-state index contributed by atoms with van der Waals surface area (Å²) in [6, 6.07) is 6.77. The number of benzene rings is 1. The molecule has 2 rings (SSSR count). The lowest BCUT2D eigenvalue weighted by Gasteiger charge is -2.21. The van der Waals surface area contributed by atoms with Crippen LogP contribution < -0.4 is 20.9 Å². The van der Waals surface area contributed by atoms with E-state index in [1.165, 1.54) is 18.4 Å². The highest BCUT2D eigenvalue weighted by molar-refractivity contribution is 7.70. The summed E-state index contributed by atoms with van der Waals surface area (Å²) in [6.07, 6.45) is 1.32. The number of hydrogen-bond donors (Lipinski definition) is 1. The zero-order valence-corrected chi connectivity index (χ0v) is 13.6. The topological polar surface area (TPSA) is 81.3 Å². The van der Waals surface area contributed by atoms with Crippen LogP contribution in [0.1, 0.15) is 0 Å². The van der Waals surface area contributed by atoms with E-state index in [-0.39, 0.29) is 5.15 Å². The molecule has 1 aromatic carbocycles. The normalized spacial score (nSPS) is 11.3. The van der Waals surface area contributed by atoms with Crippen LogP contribution in [0.3, 0.4) is 0 Å². The zero-order chi connectivity index (χ0) is 15.6. The van der Waals surface area contributed by atoms with Crippen molar-refractivity contribution in [3.05, 3.63) is 35.7 Å². The maximum Gasteiger partial charge on any atom is 0.152 e. The molecule has 0 aliphatic carbocycles. The molecule has 0 amide bonds. The van der Waals surface area contributed by atoms with Gasteiger partial charge in [0.15, 0.2) is 5.82 Å². The summed E-state index contributed by atoms with van der Waals surface area (Å²) in [5, 5.41) is 2.35. The van der Waals surface area contributed by atoms with Crippen molar-refractivity contribution in [2.24, 2.45) is 5.84 Å². The second-order valence-electron chi connectivity index (χ2n) is 4.78. The Labute approximate surface area is 128 Å². The maximum atomic E-state index is 12.1. The van der Waals surface area contributed by atoms with Crippen LogP contribution in [0.4, 0.5) is 11.5 Å². The minimum Gasteiger partial charge on any atom is -0.494 e. The van der Waals surface area contributed by atoms with E-state index in [0.29, 0.717) is 17.3 Å². The minimum absolute atomic E-state index is 0.289. The van der Waals surface area contributed by atoms with Crippen molar-refractivity contribution in [3.63, 3.8) is 0 Å². The molecule has 0 unspecified atom stereocenters. The first-order chi connectivity index (χ1) is 9.82. The van der Waals surface area contributed by atoms with Crippen LogP contribution in [0.2, 0.25) is 5.15 Å². The van der Waals surface area contributed by atoms with Crippen molar-refractivity contribution >= 4 is 35.6 Å². The summed E-state index contributed by atoms with van der Waals surface area (Å²) in [6.45, 7) is 3.40. The van der Waals surface area contributed by atoms with Gasteiger partial charge in [-0.3, -0.25) is 5.01 Å².